The second-order valence-electron chi connectivity index (χ2n) is 3.74. The van der Waals surface area contributed by atoms with Crippen LogP contribution in [-0.4, -0.2) is 29.9 Å². The number of rotatable bonds is 6. The van der Waals surface area contributed by atoms with Crippen LogP contribution in [0.2, 0.25) is 0 Å². The minimum absolute atomic E-state index is 0.0259. The topological polar surface area (TPSA) is 98.5 Å². The van der Waals surface area contributed by atoms with Crippen LogP contribution in [0.15, 0.2) is 0 Å². The van der Waals surface area contributed by atoms with Crippen LogP contribution in [0.4, 0.5) is 0 Å². The van der Waals surface area contributed by atoms with Gasteiger partial charge in [-0.3, -0.25) is 9.59 Å². The molecule has 0 aliphatic carbocycles. The molecule has 0 aromatic heterocycles. The van der Waals surface area contributed by atoms with Crippen molar-refractivity contribution in [2.24, 2.45) is 5.73 Å². The van der Waals surface area contributed by atoms with Crippen LogP contribution < -0.4 is 11.1 Å². The summed E-state index contributed by atoms with van der Waals surface area (Å²) in [6.45, 7) is 4.70. The minimum atomic E-state index is -0.813. The Morgan fingerprint density at radius 2 is 1.88 bits per heavy atom. The summed E-state index contributed by atoms with van der Waals surface area (Å²) in [5.41, 5.74) is 4.97. The number of hydrogen-bond donors (Lipinski definition) is 2. The van der Waals surface area contributed by atoms with Gasteiger partial charge in [-0.25, -0.2) is 4.79 Å². The van der Waals surface area contributed by atoms with Crippen LogP contribution in [0.5, 0.6) is 0 Å². The summed E-state index contributed by atoms with van der Waals surface area (Å²) in [5.74, 6) is -1.42. The fraction of sp³-hybridized carbons (Fsp3) is 0.700. The van der Waals surface area contributed by atoms with Crippen molar-refractivity contribution >= 4 is 17.8 Å². The molecule has 6 nitrogen and oxygen atoms in total. The van der Waals surface area contributed by atoms with E-state index in [9.17, 15) is 14.4 Å². The number of amides is 2. The maximum absolute atomic E-state index is 11.5. The number of nitrogens with two attached hydrogens (primary N) is 1. The molecule has 0 unspecified atom stereocenters. The molecular formula is C10H18N2O4. The van der Waals surface area contributed by atoms with Crippen molar-refractivity contribution in [3.8, 4) is 0 Å². The van der Waals surface area contributed by atoms with Gasteiger partial charge in [0.25, 0.3) is 0 Å². The van der Waals surface area contributed by atoms with Crippen molar-refractivity contribution in [2.45, 2.75) is 45.8 Å². The van der Waals surface area contributed by atoms with Crippen molar-refractivity contribution in [1.82, 2.24) is 5.32 Å². The predicted molar refractivity (Wildman–Crippen MR) is 57.3 cm³/mol. The van der Waals surface area contributed by atoms with Gasteiger partial charge in [0, 0.05) is 13.3 Å². The van der Waals surface area contributed by atoms with Gasteiger partial charge in [-0.2, -0.15) is 0 Å². The van der Waals surface area contributed by atoms with Crippen LogP contribution in [-0.2, 0) is 19.1 Å². The average Bonchev–Trinajstić information content (AvgIpc) is 2.09. The number of ether oxygens (including phenoxy) is 1. The zero-order valence-electron chi connectivity index (χ0n) is 9.78. The van der Waals surface area contributed by atoms with E-state index < -0.39 is 17.9 Å². The van der Waals surface area contributed by atoms with Crippen molar-refractivity contribution in [2.75, 3.05) is 0 Å². The molecular weight excluding hydrogens is 212 g/mol. The van der Waals surface area contributed by atoms with Gasteiger partial charge < -0.3 is 15.8 Å². The summed E-state index contributed by atoms with van der Waals surface area (Å²) in [4.78, 5) is 33.0. The molecule has 2 amide bonds. The summed E-state index contributed by atoms with van der Waals surface area (Å²) in [7, 11) is 0. The van der Waals surface area contributed by atoms with Gasteiger partial charge in [0.1, 0.15) is 6.04 Å². The zero-order chi connectivity index (χ0) is 12.7. The van der Waals surface area contributed by atoms with Crippen molar-refractivity contribution in [3.63, 3.8) is 0 Å². The first-order valence-corrected chi connectivity index (χ1v) is 5.08. The van der Waals surface area contributed by atoms with Crippen molar-refractivity contribution in [1.29, 1.82) is 0 Å². The van der Waals surface area contributed by atoms with Gasteiger partial charge in [0.15, 0.2) is 0 Å². The van der Waals surface area contributed by atoms with E-state index in [1.807, 2.05) is 0 Å². The molecule has 16 heavy (non-hydrogen) atoms. The molecule has 92 valence electrons. The second-order valence-corrected chi connectivity index (χ2v) is 3.74. The van der Waals surface area contributed by atoms with E-state index in [0.29, 0.717) is 0 Å². The van der Waals surface area contributed by atoms with Gasteiger partial charge in [0.05, 0.1) is 6.10 Å². The summed E-state index contributed by atoms with van der Waals surface area (Å²) in [6.07, 6.45) is -0.0872. The lowest BCUT2D eigenvalue weighted by molar-refractivity contribution is -0.151. The van der Waals surface area contributed by atoms with Crippen molar-refractivity contribution < 1.29 is 19.1 Å². The fourth-order valence-corrected chi connectivity index (χ4v) is 1.10. The quantitative estimate of drug-likeness (QED) is 0.612. The smallest absolute Gasteiger partial charge is 0.328 e. The standard InChI is InChI=1S/C10H18N2O4/c1-6(2)16-10(15)8(12-7(3)13)4-5-9(11)14/h6,8H,4-5H2,1-3H3,(H2,11,14)(H,12,13)/t8-/m0/s1. The molecule has 0 heterocycles. The highest BCUT2D eigenvalue weighted by molar-refractivity contribution is 5.84. The van der Waals surface area contributed by atoms with Gasteiger partial charge in [-0.1, -0.05) is 0 Å². The number of primary amides is 1. The largest absolute Gasteiger partial charge is 0.461 e. The van der Waals surface area contributed by atoms with E-state index in [-0.39, 0.29) is 24.9 Å². The molecule has 1 atom stereocenters. The lowest BCUT2D eigenvalue weighted by Gasteiger charge is -2.17. The molecule has 0 spiro atoms. The van der Waals surface area contributed by atoms with Gasteiger partial charge >= 0.3 is 5.97 Å². The third-order valence-corrected chi connectivity index (χ3v) is 1.69. The summed E-state index contributed by atoms with van der Waals surface area (Å²) < 4.78 is 4.94. The van der Waals surface area contributed by atoms with Crippen LogP contribution in [0, 0.1) is 0 Å². The highest BCUT2D eigenvalue weighted by Crippen LogP contribution is 2.02. The van der Waals surface area contributed by atoms with E-state index in [1.165, 1.54) is 6.92 Å². The Hall–Kier alpha value is -1.59. The normalized spacial score (nSPS) is 12.0. The lowest BCUT2D eigenvalue weighted by Crippen LogP contribution is -2.42. The molecule has 0 fully saturated rings. The highest BCUT2D eigenvalue weighted by atomic mass is 16.5. The Kier molecular flexibility index (Phi) is 6.14. The Labute approximate surface area is 94.5 Å². The molecule has 0 radical (unpaired) electrons. The molecule has 0 saturated heterocycles. The summed E-state index contributed by atoms with van der Waals surface area (Å²) >= 11 is 0. The summed E-state index contributed by atoms with van der Waals surface area (Å²) in [6, 6.07) is -0.813. The number of nitrogens with one attached hydrogen (secondary N) is 1. The van der Waals surface area contributed by atoms with Gasteiger partial charge in [0.2, 0.25) is 11.8 Å². The average molecular weight is 230 g/mol. The third kappa shape index (κ3) is 6.80. The van der Waals surface area contributed by atoms with Crippen LogP contribution >= 0.6 is 0 Å². The summed E-state index contributed by atoms with van der Waals surface area (Å²) in [5, 5.41) is 2.42. The van der Waals surface area contributed by atoms with Crippen LogP contribution in [0.1, 0.15) is 33.6 Å². The number of hydrogen-bond acceptors (Lipinski definition) is 4. The number of carbonyl (C=O) groups excluding carboxylic acids is 3. The first-order valence-electron chi connectivity index (χ1n) is 5.08. The minimum Gasteiger partial charge on any atom is -0.461 e. The van der Waals surface area contributed by atoms with Crippen molar-refractivity contribution in [3.05, 3.63) is 0 Å². The van der Waals surface area contributed by atoms with E-state index in [4.69, 9.17) is 10.5 Å². The monoisotopic (exact) mass is 230 g/mol. The lowest BCUT2D eigenvalue weighted by atomic mass is 10.1. The zero-order valence-corrected chi connectivity index (χ0v) is 9.78. The van der Waals surface area contributed by atoms with E-state index in [2.05, 4.69) is 5.32 Å². The molecule has 0 aliphatic rings. The Bertz CT molecular complexity index is 276. The van der Waals surface area contributed by atoms with E-state index in [1.54, 1.807) is 13.8 Å². The Morgan fingerprint density at radius 1 is 1.31 bits per heavy atom. The second kappa shape index (κ2) is 6.81. The third-order valence-electron chi connectivity index (χ3n) is 1.69. The number of carbonyl (C=O) groups is 3. The maximum Gasteiger partial charge on any atom is 0.328 e. The Morgan fingerprint density at radius 3 is 2.25 bits per heavy atom. The molecule has 0 aromatic rings. The predicted octanol–water partition coefficient (Wildman–Crippen LogP) is -0.292. The fourth-order valence-electron chi connectivity index (χ4n) is 1.10. The van der Waals surface area contributed by atoms with Gasteiger partial charge in [-0.15, -0.1) is 0 Å². The molecule has 0 aliphatic heterocycles. The van der Waals surface area contributed by atoms with Crippen LogP contribution in [0.3, 0.4) is 0 Å². The SMILES string of the molecule is CC(=O)N[C@@H](CCC(N)=O)C(=O)OC(C)C. The molecule has 0 saturated carbocycles. The first-order chi connectivity index (χ1) is 7.32. The van der Waals surface area contributed by atoms with Gasteiger partial charge in [-0.05, 0) is 20.3 Å². The van der Waals surface area contributed by atoms with Crippen LogP contribution in [0.25, 0.3) is 0 Å². The van der Waals surface area contributed by atoms with E-state index in [0.717, 1.165) is 0 Å². The highest BCUT2D eigenvalue weighted by Gasteiger charge is 2.22. The number of esters is 1. The maximum atomic E-state index is 11.5. The molecule has 0 bridgehead atoms. The Balaban J connectivity index is 4.34. The molecule has 0 aromatic carbocycles. The molecule has 0 rings (SSSR count). The molecule has 3 N–H and O–H groups in total. The molecule has 6 heteroatoms. The van der Waals surface area contributed by atoms with E-state index >= 15 is 0 Å². The first kappa shape index (κ1) is 14.4.